The Morgan fingerprint density at radius 1 is 1.15 bits per heavy atom. The highest BCUT2D eigenvalue weighted by atomic mass is 16.4. The average molecular weight is 373 g/mol. The number of carboxylic acids is 2. The predicted molar refractivity (Wildman–Crippen MR) is 102 cm³/mol. The van der Waals surface area contributed by atoms with Crippen LogP contribution in [0.5, 0.6) is 0 Å². The summed E-state index contributed by atoms with van der Waals surface area (Å²) in [5.41, 5.74) is 2.74. The van der Waals surface area contributed by atoms with E-state index in [2.05, 4.69) is 10.3 Å². The second-order valence-corrected chi connectivity index (χ2v) is 7.25. The van der Waals surface area contributed by atoms with Gasteiger partial charge in [0.25, 0.3) is 0 Å². The molecule has 0 spiro atoms. The van der Waals surface area contributed by atoms with Crippen molar-refractivity contribution in [3.8, 4) is 0 Å². The van der Waals surface area contributed by atoms with E-state index in [0.717, 1.165) is 11.1 Å². The normalized spacial score (nSPS) is 13.5. The van der Waals surface area contributed by atoms with Crippen molar-refractivity contribution in [2.45, 2.75) is 45.7 Å². The summed E-state index contributed by atoms with van der Waals surface area (Å²) in [5.74, 6) is -2.68. The lowest BCUT2D eigenvalue weighted by Gasteiger charge is -2.20. The first-order chi connectivity index (χ1) is 12.8. The number of carbonyl (C=O) groups is 2. The van der Waals surface area contributed by atoms with Crippen molar-refractivity contribution in [2.75, 3.05) is 6.54 Å². The van der Waals surface area contributed by atoms with Crippen molar-refractivity contribution in [1.82, 2.24) is 14.9 Å². The number of nitrogens with one attached hydrogen (secondary N) is 1. The summed E-state index contributed by atoms with van der Waals surface area (Å²) < 4.78 is 1.79. The van der Waals surface area contributed by atoms with Gasteiger partial charge in [0.2, 0.25) is 0 Å². The third-order valence-electron chi connectivity index (χ3n) is 4.45. The molecule has 2 atom stereocenters. The molecule has 0 saturated heterocycles. The highest BCUT2D eigenvalue weighted by Crippen LogP contribution is 2.18. The molecule has 0 saturated carbocycles. The third-order valence-corrected chi connectivity index (χ3v) is 4.45. The fraction of sp³-hybridized carbons (Fsp3) is 0.450. The van der Waals surface area contributed by atoms with Gasteiger partial charge < -0.3 is 20.1 Å². The van der Waals surface area contributed by atoms with E-state index in [1.54, 1.807) is 10.9 Å². The monoisotopic (exact) mass is 373 g/mol. The van der Waals surface area contributed by atoms with Gasteiger partial charge in [0.05, 0.1) is 12.0 Å². The van der Waals surface area contributed by atoms with Crippen LogP contribution in [0.15, 0.2) is 36.8 Å². The molecular formula is C20H27N3O4. The van der Waals surface area contributed by atoms with Crippen LogP contribution >= 0.6 is 0 Å². The number of nitrogens with zero attached hydrogens (tertiary/aromatic N) is 2. The van der Waals surface area contributed by atoms with Gasteiger partial charge in [-0.15, -0.1) is 0 Å². The summed E-state index contributed by atoms with van der Waals surface area (Å²) in [7, 11) is 0. The Balaban J connectivity index is 2.15. The van der Waals surface area contributed by atoms with Gasteiger partial charge in [0.15, 0.2) is 0 Å². The molecule has 2 unspecified atom stereocenters. The van der Waals surface area contributed by atoms with Crippen LogP contribution in [0.25, 0.3) is 0 Å². The van der Waals surface area contributed by atoms with Gasteiger partial charge in [-0.3, -0.25) is 9.59 Å². The molecule has 0 aliphatic carbocycles. The molecule has 0 fully saturated rings. The van der Waals surface area contributed by atoms with Crippen molar-refractivity contribution in [1.29, 1.82) is 0 Å². The maximum atomic E-state index is 11.8. The van der Waals surface area contributed by atoms with Crippen LogP contribution < -0.4 is 5.32 Å². The van der Waals surface area contributed by atoms with Gasteiger partial charge in [0, 0.05) is 19.3 Å². The standard InChI is InChI=1S/C20H27N3O4/c1-13(2)8-17(20(26)27)22-9-16(19(24)25)18-10-21-12-23(18)11-15-6-4-14(3)5-7-15/h4-7,10,12-13,16-17,22H,8-9,11H2,1-3H3,(H,24,25)(H,26,27). The van der Waals surface area contributed by atoms with E-state index in [1.165, 1.54) is 6.20 Å². The van der Waals surface area contributed by atoms with E-state index in [1.807, 2.05) is 45.0 Å². The number of benzene rings is 1. The minimum absolute atomic E-state index is 0.0264. The SMILES string of the molecule is Cc1ccc(Cn2cncc2C(CNC(CC(C)C)C(=O)O)C(=O)O)cc1. The summed E-state index contributed by atoms with van der Waals surface area (Å²) in [6, 6.07) is 7.23. The maximum absolute atomic E-state index is 11.8. The Morgan fingerprint density at radius 3 is 2.37 bits per heavy atom. The van der Waals surface area contributed by atoms with Crippen LogP contribution in [0.3, 0.4) is 0 Å². The van der Waals surface area contributed by atoms with Gasteiger partial charge in [-0.05, 0) is 24.8 Å². The minimum atomic E-state index is -1.01. The summed E-state index contributed by atoms with van der Waals surface area (Å²) in [6.07, 6.45) is 3.57. The molecule has 7 nitrogen and oxygen atoms in total. The van der Waals surface area contributed by atoms with E-state index in [4.69, 9.17) is 0 Å². The molecule has 1 aromatic heterocycles. The predicted octanol–water partition coefficient (Wildman–Crippen LogP) is 2.50. The van der Waals surface area contributed by atoms with Gasteiger partial charge in [-0.2, -0.15) is 0 Å². The highest BCUT2D eigenvalue weighted by molar-refractivity contribution is 5.76. The molecule has 0 radical (unpaired) electrons. The first-order valence-electron chi connectivity index (χ1n) is 9.02. The van der Waals surface area contributed by atoms with E-state index in [0.29, 0.717) is 18.7 Å². The summed E-state index contributed by atoms with van der Waals surface area (Å²) in [4.78, 5) is 27.3. The molecule has 3 N–H and O–H groups in total. The first kappa shape index (κ1) is 20.6. The molecule has 0 aliphatic heterocycles. The fourth-order valence-corrected chi connectivity index (χ4v) is 2.96. The molecule has 0 amide bonds. The van der Waals surface area contributed by atoms with Gasteiger partial charge >= 0.3 is 11.9 Å². The van der Waals surface area contributed by atoms with Gasteiger partial charge in [0.1, 0.15) is 12.0 Å². The van der Waals surface area contributed by atoms with E-state index >= 15 is 0 Å². The molecule has 1 aromatic carbocycles. The van der Waals surface area contributed by atoms with Crippen molar-refractivity contribution in [3.05, 3.63) is 53.6 Å². The maximum Gasteiger partial charge on any atom is 0.320 e. The van der Waals surface area contributed by atoms with E-state index in [-0.39, 0.29) is 12.5 Å². The number of rotatable bonds is 10. The van der Waals surface area contributed by atoms with Crippen molar-refractivity contribution < 1.29 is 19.8 Å². The number of aryl methyl sites for hydroxylation is 1. The van der Waals surface area contributed by atoms with Crippen molar-refractivity contribution in [3.63, 3.8) is 0 Å². The van der Waals surface area contributed by atoms with Crippen LogP contribution in [0.2, 0.25) is 0 Å². The Kier molecular flexibility index (Phi) is 7.12. The Labute approximate surface area is 159 Å². The van der Waals surface area contributed by atoms with E-state index < -0.39 is 23.9 Å². The quantitative estimate of drug-likeness (QED) is 0.591. The lowest BCUT2D eigenvalue weighted by Crippen LogP contribution is -2.41. The average Bonchev–Trinajstić information content (AvgIpc) is 3.03. The Bertz CT molecular complexity index is 768. The van der Waals surface area contributed by atoms with Gasteiger partial charge in [-0.1, -0.05) is 43.7 Å². The summed E-state index contributed by atoms with van der Waals surface area (Å²) >= 11 is 0. The smallest absolute Gasteiger partial charge is 0.320 e. The number of hydrogen-bond donors (Lipinski definition) is 3. The third kappa shape index (κ3) is 5.92. The molecule has 2 aromatic rings. The molecule has 7 heteroatoms. The van der Waals surface area contributed by atoms with Gasteiger partial charge in [-0.25, -0.2) is 4.98 Å². The topological polar surface area (TPSA) is 104 Å². The molecule has 2 rings (SSSR count). The van der Waals surface area contributed by atoms with Crippen LogP contribution in [-0.4, -0.2) is 44.3 Å². The zero-order chi connectivity index (χ0) is 20.0. The fourth-order valence-electron chi connectivity index (χ4n) is 2.96. The van der Waals surface area contributed by atoms with Crippen molar-refractivity contribution >= 4 is 11.9 Å². The summed E-state index contributed by atoms with van der Waals surface area (Å²) in [5, 5.41) is 21.9. The van der Waals surface area contributed by atoms with Crippen LogP contribution in [0, 0.1) is 12.8 Å². The molecule has 0 bridgehead atoms. The zero-order valence-electron chi connectivity index (χ0n) is 15.9. The molecule has 1 heterocycles. The number of hydrogen-bond acceptors (Lipinski definition) is 4. The molecular weight excluding hydrogens is 346 g/mol. The number of imidazole rings is 1. The van der Waals surface area contributed by atoms with E-state index in [9.17, 15) is 19.8 Å². The minimum Gasteiger partial charge on any atom is -0.481 e. The largest absolute Gasteiger partial charge is 0.481 e. The molecule has 146 valence electrons. The Hall–Kier alpha value is -2.67. The molecule has 0 aliphatic rings. The van der Waals surface area contributed by atoms with Crippen LogP contribution in [-0.2, 0) is 16.1 Å². The van der Waals surface area contributed by atoms with Crippen LogP contribution in [0.4, 0.5) is 0 Å². The molecule has 27 heavy (non-hydrogen) atoms. The highest BCUT2D eigenvalue weighted by Gasteiger charge is 2.27. The zero-order valence-corrected chi connectivity index (χ0v) is 15.9. The summed E-state index contributed by atoms with van der Waals surface area (Å²) in [6.45, 7) is 6.41. The lowest BCUT2D eigenvalue weighted by atomic mass is 10.0. The Morgan fingerprint density at radius 2 is 1.81 bits per heavy atom. The number of aliphatic carboxylic acids is 2. The second-order valence-electron chi connectivity index (χ2n) is 7.25. The lowest BCUT2D eigenvalue weighted by molar-refractivity contribution is -0.142. The number of aromatic nitrogens is 2. The van der Waals surface area contributed by atoms with Crippen LogP contribution in [0.1, 0.15) is 43.0 Å². The van der Waals surface area contributed by atoms with Crippen molar-refractivity contribution in [2.24, 2.45) is 5.92 Å². The number of carboxylic acid groups (broad SMARTS) is 2. The first-order valence-corrected chi connectivity index (χ1v) is 9.02. The second kappa shape index (κ2) is 9.32.